The second kappa shape index (κ2) is 12.0. The zero-order valence-electron chi connectivity index (χ0n) is 19.4. The van der Waals surface area contributed by atoms with E-state index in [-0.39, 0.29) is 4.90 Å². The van der Waals surface area contributed by atoms with Crippen LogP contribution in [0.5, 0.6) is 5.75 Å². The van der Waals surface area contributed by atoms with Gasteiger partial charge in [0.2, 0.25) is 10.0 Å². The highest BCUT2D eigenvalue weighted by Gasteiger charge is 2.14. The maximum Gasteiger partial charge on any atom is 0.240 e. The number of benzene rings is 2. The quantitative estimate of drug-likeness (QED) is 0.335. The molecule has 0 bridgehead atoms. The zero-order chi connectivity index (χ0) is 23.8. The molecule has 1 aromatic heterocycles. The summed E-state index contributed by atoms with van der Waals surface area (Å²) in [6.07, 6.45) is 8.06. The minimum atomic E-state index is -3.56. The predicted molar refractivity (Wildman–Crippen MR) is 137 cm³/mol. The van der Waals surface area contributed by atoms with Crippen molar-refractivity contribution in [2.45, 2.75) is 43.4 Å². The number of nitrogens with one attached hydrogen (secondary N) is 3. The standard InChI is InChI=1S/C25H33ClN4O3S/c26-21-7-12-25-24(18-21)20(19-27-25)6-4-14-29-34(31,32)23-10-8-22(9-11-23)33-17-5-16-30-15-3-1-2-13-28-30/h7-12,18-19,27-29H,1-6,13-17H2. The first-order valence-electron chi connectivity index (χ1n) is 12.0. The van der Waals surface area contributed by atoms with Crippen molar-refractivity contribution in [3.63, 3.8) is 0 Å². The summed E-state index contributed by atoms with van der Waals surface area (Å²) in [5, 5.41) is 4.04. The molecule has 0 radical (unpaired) electrons. The Bertz CT molecular complexity index is 1160. The number of sulfonamides is 1. The van der Waals surface area contributed by atoms with Crippen LogP contribution in [-0.4, -0.2) is 51.2 Å². The molecule has 2 aromatic carbocycles. The van der Waals surface area contributed by atoms with Crippen LogP contribution in [-0.2, 0) is 16.4 Å². The number of aromatic amines is 1. The summed E-state index contributed by atoms with van der Waals surface area (Å²) < 4.78 is 33.8. The van der Waals surface area contributed by atoms with Gasteiger partial charge in [0.1, 0.15) is 5.75 Å². The SMILES string of the molecule is O=S(=O)(NCCCc1c[nH]c2ccc(Cl)cc12)c1ccc(OCCCN2CCCCCN2)cc1. The maximum atomic E-state index is 12.6. The van der Waals surface area contributed by atoms with Gasteiger partial charge in [-0.1, -0.05) is 18.0 Å². The van der Waals surface area contributed by atoms with Crippen molar-refractivity contribution in [1.29, 1.82) is 0 Å². The van der Waals surface area contributed by atoms with Crippen LogP contribution < -0.4 is 14.9 Å². The van der Waals surface area contributed by atoms with Gasteiger partial charge >= 0.3 is 0 Å². The first-order valence-corrected chi connectivity index (χ1v) is 13.8. The van der Waals surface area contributed by atoms with E-state index in [0.717, 1.165) is 48.9 Å². The topological polar surface area (TPSA) is 86.5 Å². The molecule has 7 nitrogen and oxygen atoms in total. The number of hydrogen-bond acceptors (Lipinski definition) is 5. The van der Waals surface area contributed by atoms with Crippen molar-refractivity contribution in [2.75, 3.05) is 32.8 Å². The van der Waals surface area contributed by atoms with Crippen molar-refractivity contribution in [1.82, 2.24) is 20.1 Å². The predicted octanol–water partition coefficient (Wildman–Crippen LogP) is 4.49. The Morgan fingerprint density at radius 1 is 1.06 bits per heavy atom. The van der Waals surface area contributed by atoms with Gasteiger partial charge in [-0.25, -0.2) is 18.1 Å². The molecule has 0 unspecified atom stereocenters. The van der Waals surface area contributed by atoms with E-state index in [1.54, 1.807) is 24.3 Å². The first-order chi connectivity index (χ1) is 16.5. The van der Waals surface area contributed by atoms with E-state index < -0.39 is 10.0 Å². The molecular formula is C25H33ClN4O3S. The molecule has 9 heteroatoms. The summed E-state index contributed by atoms with van der Waals surface area (Å²) in [5.41, 5.74) is 5.60. The Kier molecular flexibility index (Phi) is 8.86. The largest absolute Gasteiger partial charge is 0.494 e. The highest BCUT2D eigenvalue weighted by molar-refractivity contribution is 7.89. The van der Waals surface area contributed by atoms with Crippen LogP contribution >= 0.6 is 11.6 Å². The molecular weight excluding hydrogens is 472 g/mol. The molecule has 0 aliphatic carbocycles. The molecule has 3 aromatic rings. The van der Waals surface area contributed by atoms with Gasteiger partial charge < -0.3 is 9.72 Å². The number of nitrogens with zero attached hydrogens (tertiary/aromatic N) is 1. The average molecular weight is 505 g/mol. The molecule has 0 saturated carbocycles. The smallest absolute Gasteiger partial charge is 0.240 e. The lowest BCUT2D eigenvalue weighted by atomic mass is 10.1. The van der Waals surface area contributed by atoms with Gasteiger partial charge in [-0.05, 0) is 80.1 Å². The summed E-state index contributed by atoms with van der Waals surface area (Å²) in [5.74, 6) is 0.681. The first kappa shape index (κ1) is 25.0. The van der Waals surface area contributed by atoms with E-state index in [1.165, 1.54) is 19.3 Å². The van der Waals surface area contributed by atoms with Gasteiger partial charge in [0.15, 0.2) is 0 Å². The van der Waals surface area contributed by atoms with E-state index >= 15 is 0 Å². The zero-order valence-corrected chi connectivity index (χ0v) is 20.9. The lowest BCUT2D eigenvalue weighted by Crippen LogP contribution is -2.38. The fourth-order valence-electron chi connectivity index (χ4n) is 4.20. The minimum absolute atomic E-state index is 0.243. The minimum Gasteiger partial charge on any atom is -0.494 e. The van der Waals surface area contributed by atoms with Gasteiger partial charge in [-0.15, -0.1) is 0 Å². The second-order valence-corrected chi connectivity index (χ2v) is 10.8. The van der Waals surface area contributed by atoms with E-state index in [9.17, 15) is 8.42 Å². The van der Waals surface area contributed by atoms with Crippen LogP contribution in [0, 0.1) is 0 Å². The highest BCUT2D eigenvalue weighted by Crippen LogP contribution is 2.23. The van der Waals surface area contributed by atoms with Crippen LogP contribution in [0.2, 0.25) is 5.02 Å². The number of aryl methyl sites for hydroxylation is 1. The Hall–Kier alpha value is -2.10. The fourth-order valence-corrected chi connectivity index (χ4v) is 5.44. The van der Waals surface area contributed by atoms with Crippen molar-refractivity contribution < 1.29 is 13.2 Å². The molecule has 1 aliphatic rings. The third-order valence-electron chi connectivity index (χ3n) is 6.06. The van der Waals surface area contributed by atoms with E-state index in [2.05, 4.69) is 20.1 Å². The second-order valence-electron chi connectivity index (χ2n) is 8.63. The Morgan fingerprint density at radius 2 is 1.91 bits per heavy atom. The summed E-state index contributed by atoms with van der Waals surface area (Å²) in [6, 6.07) is 12.4. The molecule has 0 amide bonds. The Balaban J connectivity index is 1.19. The maximum absolute atomic E-state index is 12.6. The van der Waals surface area contributed by atoms with Crippen LogP contribution in [0.1, 0.15) is 37.7 Å². The number of ether oxygens (including phenoxy) is 1. The van der Waals surface area contributed by atoms with Crippen LogP contribution in [0.15, 0.2) is 53.6 Å². The van der Waals surface area contributed by atoms with Crippen LogP contribution in [0.25, 0.3) is 10.9 Å². The summed E-state index contributed by atoms with van der Waals surface area (Å²) in [4.78, 5) is 3.47. The number of hydrazine groups is 1. The molecule has 0 spiro atoms. The molecule has 184 valence electrons. The molecule has 0 atom stereocenters. The average Bonchev–Trinajstić information content (AvgIpc) is 3.04. The molecule has 1 fully saturated rings. The van der Waals surface area contributed by atoms with Crippen molar-refractivity contribution in [3.05, 3.63) is 59.2 Å². The number of hydrogen-bond donors (Lipinski definition) is 3. The van der Waals surface area contributed by atoms with Crippen molar-refractivity contribution in [3.8, 4) is 5.75 Å². The number of halogens is 1. The number of rotatable bonds is 11. The monoisotopic (exact) mass is 504 g/mol. The fraction of sp³-hybridized carbons (Fsp3) is 0.440. The van der Waals surface area contributed by atoms with Gasteiger partial charge in [0.25, 0.3) is 0 Å². The number of fused-ring (bicyclic) bond motifs is 1. The summed E-state index contributed by atoms with van der Waals surface area (Å²) >= 11 is 6.10. The molecule has 1 aliphatic heterocycles. The molecule has 2 heterocycles. The summed E-state index contributed by atoms with van der Waals surface area (Å²) in [6.45, 7) is 4.03. The normalized spacial score (nSPS) is 15.4. The lowest BCUT2D eigenvalue weighted by Gasteiger charge is -2.20. The third kappa shape index (κ3) is 6.96. The van der Waals surface area contributed by atoms with Crippen molar-refractivity contribution in [2.24, 2.45) is 0 Å². The van der Waals surface area contributed by atoms with Gasteiger partial charge in [-0.3, -0.25) is 5.43 Å². The van der Waals surface area contributed by atoms with Gasteiger partial charge in [0.05, 0.1) is 11.5 Å². The number of H-pyrrole nitrogens is 1. The van der Waals surface area contributed by atoms with E-state index in [4.69, 9.17) is 16.3 Å². The van der Waals surface area contributed by atoms with Gasteiger partial charge in [-0.2, -0.15) is 0 Å². The van der Waals surface area contributed by atoms with Crippen LogP contribution in [0.4, 0.5) is 0 Å². The van der Waals surface area contributed by atoms with Crippen molar-refractivity contribution >= 4 is 32.5 Å². The van der Waals surface area contributed by atoms with Gasteiger partial charge in [0, 0.05) is 48.3 Å². The third-order valence-corrected chi connectivity index (χ3v) is 7.77. The van der Waals surface area contributed by atoms with E-state index in [1.807, 2.05) is 24.4 Å². The molecule has 4 rings (SSSR count). The summed E-state index contributed by atoms with van der Waals surface area (Å²) in [7, 11) is -3.56. The molecule has 3 N–H and O–H groups in total. The molecule has 34 heavy (non-hydrogen) atoms. The number of aromatic nitrogens is 1. The Labute approximate surface area is 206 Å². The highest BCUT2D eigenvalue weighted by atomic mass is 35.5. The van der Waals surface area contributed by atoms with E-state index in [0.29, 0.717) is 30.3 Å². The van der Waals surface area contributed by atoms with Crippen LogP contribution in [0.3, 0.4) is 0 Å². The Morgan fingerprint density at radius 3 is 2.76 bits per heavy atom. The molecule has 1 saturated heterocycles. The lowest BCUT2D eigenvalue weighted by molar-refractivity contribution is 0.181.